The van der Waals surface area contributed by atoms with E-state index in [4.69, 9.17) is 17.3 Å². The van der Waals surface area contributed by atoms with Crippen molar-refractivity contribution in [1.82, 2.24) is 15.0 Å². The Morgan fingerprint density at radius 2 is 1.92 bits per heavy atom. The van der Waals surface area contributed by atoms with Crippen LogP contribution in [0.3, 0.4) is 0 Å². The maximum atomic E-state index is 12.0. The molecule has 13 heavy (non-hydrogen) atoms. The van der Waals surface area contributed by atoms with E-state index in [0.29, 0.717) is 0 Å². The molecule has 0 amide bonds. The number of rotatable bonds is 2. The lowest BCUT2D eigenvalue weighted by Crippen LogP contribution is -2.18. The molecule has 1 rings (SSSR count). The van der Waals surface area contributed by atoms with Crippen molar-refractivity contribution in [3.63, 3.8) is 0 Å². The van der Waals surface area contributed by atoms with Crippen LogP contribution in [0.4, 0.5) is 14.7 Å². The van der Waals surface area contributed by atoms with Gasteiger partial charge in [-0.05, 0) is 11.6 Å². The molecule has 0 atom stereocenters. The molecule has 0 bridgehead atoms. The van der Waals surface area contributed by atoms with Gasteiger partial charge in [-0.3, -0.25) is 0 Å². The number of anilines is 1. The van der Waals surface area contributed by atoms with E-state index in [1.807, 2.05) is 0 Å². The van der Waals surface area contributed by atoms with Crippen molar-refractivity contribution in [3.05, 3.63) is 5.28 Å². The number of nitrogen functional groups attached to an aromatic ring is 1. The summed E-state index contributed by atoms with van der Waals surface area (Å²) in [6.07, 6.45) is 0. The molecule has 0 saturated carbocycles. The van der Waals surface area contributed by atoms with E-state index < -0.39 is 11.6 Å². The van der Waals surface area contributed by atoms with Gasteiger partial charge in [-0.2, -0.15) is 15.0 Å². The van der Waals surface area contributed by atoms with Gasteiger partial charge in [0.1, 0.15) is 0 Å². The normalized spacial score (nSPS) is 11.4. The predicted molar refractivity (Wildman–Crippen MR) is 40.7 cm³/mol. The Balaban J connectivity index is 2.90. The van der Waals surface area contributed by atoms with Crippen molar-refractivity contribution in [2.75, 3.05) is 5.73 Å². The van der Waals surface area contributed by atoms with Crippen LogP contribution in [-0.4, -0.2) is 20.5 Å². The maximum Gasteiger partial charge on any atom is 0.489 e. The number of hydrogen-bond acceptors (Lipinski definition) is 5. The third-order valence-corrected chi connectivity index (χ3v) is 1.06. The Morgan fingerprint density at radius 1 is 1.31 bits per heavy atom. The number of hydrogen-bond donors (Lipinski definition) is 1. The van der Waals surface area contributed by atoms with Gasteiger partial charge in [0.2, 0.25) is 11.2 Å². The Morgan fingerprint density at radius 3 is 2.38 bits per heavy atom. The molecule has 0 fully saturated rings. The summed E-state index contributed by atoms with van der Waals surface area (Å²) in [5.41, 5.74) is 1.16. The lowest BCUT2D eigenvalue weighted by molar-refractivity contribution is -0.102. The molecule has 0 unspecified atom stereocenters. The standard InChI is InChI=1S/C4H2Cl2F2N4O/c5-1-10-2(9)12-3(11-1)13-4(6,7)8/h(H2,9,10,11,12). The summed E-state index contributed by atoms with van der Waals surface area (Å²) in [4.78, 5) is 9.72. The largest absolute Gasteiger partial charge is 0.489 e. The highest BCUT2D eigenvalue weighted by Crippen LogP contribution is 2.22. The van der Waals surface area contributed by atoms with Gasteiger partial charge in [-0.15, -0.1) is 8.78 Å². The minimum atomic E-state index is -3.91. The number of ether oxygens (including phenoxy) is 1. The van der Waals surface area contributed by atoms with Crippen LogP contribution in [0.5, 0.6) is 6.01 Å². The Bertz CT molecular complexity index is 297. The molecular formula is C4H2Cl2F2N4O. The van der Waals surface area contributed by atoms with Crippen LogP contribution in [0.2, 0.25) is 5.28 Å². The summed E-state index contributed by atoms with van der Waals surface area (Å²) in [6, 6.07) is -0.738. The lowest BCUT2D eigenvalue weighted by Gasteiger charge is -2.07. The van der Waals surface area contributed by atoms with Crippen LogP contribution in [0.15, 0.2) is 0 Å². The molecule has 0 spiro atoms. The van der Waals surface area contributed by atoms with Gasteiger partial charge < -0.3 is 10.5 Å². The Labute approximate surface area is 80.8 Å². The van der Waals surface area contributed by atoms with Crippen molar-refractivity contribution >= 4 is 29.2 Å². The second-order valence-corrected chi connectivity index (χ2v) is 2.57. The topological polar surface area (TPSA) is 73.9 Å². The van der Waals surface area contributed by atoms with Crippen LogP contribution in [-0.2, 0) is 0 Å². The minimum absolute atomic E-state index is 0.337. The van der Waals surface area contributed by atoms with E-state index in [1.54, 1.807) is 0 Å². The van der Waals surface area contributed by atoms with E-state index >= 15 is 0 Å². The molecule has 0 aliphatic heterocycles. The highest BCUT2D eigenvalue weighted by molar-refractivity contribution is 6.28. The Hall–Kier alpha value is -0.950. The lowest BCUT2D eigenvalue weighted by atomic mass is 10.9. The quantitative estimate of drug-likeness (QED) is 0.775. The van der Waals surface area contributed by atoms with Crippen LogP contribution in [0.25, 0.3) is 0 Å². The number of nitrogens with two attached hydrogens (primary N) is 1. The molecule has 0 aliphatic rings. The minimum Gasteiger partial charge on any atom is -0.385 e. The maximum absolute atomic E-state index is 12.0. The van der Waals surface area contributed by atoms with Crippen molar-refractivity contribution in [2.45, 2.75) is 5.57 Å². The fraction of sp³-hybridized carbons (Fsp3) is 0.250. The molecule has 9 heteroatoms. The zero-order valence-electron chi connectivity index (χ0n) is 5.84. The molecular weight excluding hydrogens is 229 g/mol. The summed E-state index contributed by atoms with van der Waals surface area (Å²) in [5.74, 6) is -0.337. The second kappa shape index (κ2) is 3.43. The fourth-order valence-corrected chi connectivity index (χ4v) is 0.723. The monoisotopic (exact) mass is 230 g/mol. The van der Waals surface area contributed by atoms with Gasteiger partial charge in [-0.1, -0.05) is 0 Å². The molecule has 1 heterocycles. The summed E-state index contributed by atoms with van der Waals surface area (Å²) in [7, 11) is 0. The first-order valence-corrected chi connectivity index (χ1v) is 3.55. The molecule has 5 nitrogen and oxygen atoms in total. The first kappa shape index (κ1) is 10.1. The van der Waals surface area contributed by atoms with E-state index in [-0.39, 0.29) is 11.2 Å². The van der Waals surface area contributed by atoms with Crippen molar-refractivity contribution in [3.8, 4) is 6.01 Å². The zero-order chi connectivity index (χ0) is 10.1. The van der Waals surface area contributed by atoms with E-state index in [2.05, 4.69) is 31.3 Å². The molecule has 0 aromatic carbocycles. The van der Waals surface area contributed by atoms with E-state index in [1.165, 1.54) is 0 Å². The number of nitrogens with zero attached hydrogens (tertiary/aromatic N) is 3. The molecule has 1 aromatic rings. The van der Waals surface area contributed by atoms with Gasteiger partial charge in [0.25, 0.3) is 0 Å². The van der Waals surface area contributed by atoms with Crippen molar-refractivity contribution in [2.24, 2.45) is 0 Å². The van der Waals surface area contributed by atoms with Gasteiger partial charge in [-0.25, -0.2) is 0 Å². The van der Waals surface area contributed by atoms with E-state index in [0.717, 1.165) is 0 Å². The summed E-state index contributed by atoms with van der Waals surface area (Å²) in [6.45, 7) is 0. The first-order valence-electron chi connectivity index (χ1n) is 2.79. The Kier molecular flexibility index (Phi) is 2.67. The summed E-state index contributed by atoms with van der Waals surface area (Å²) in [5, 5.41) is -0.358. The van der Waals surface area contributed by atoms with Crippen molar-refractivity contribution < 1.29 is 13.5 Å². The summed E-state index contributed by atoms with van der Waals surface area (Å²) >= 11 is 9.70. The molecule has 0 saturated heterocycles. The van der Waals surface area contributed by atoms with Crippen LogP contribution >= 0.6 is 23.2 Å². The van der Waals surface area contributed by atoms with Crippen LogP contribution in [0.1, 0.15) is 0 Å². The fourth-order valence-electron chi connectivity index (χ4n) is 0.496. The second-order valence-electron chi connectivity index (χ2n) is 1.79. The van der Waals surface area contributed by atoms with Crippen LogP contribution < -0.4 is 10.5 Å². The number of alkyl halides is 3. The molecule has 72 valence electrons. The third-order valence-electron chi connectivity index (χ3n) is 0.812. The van der Waals surface area contributed by atoms with Crippen LogP contribution in [0, 0.1) is 0 Å². The van der Waals surface area contributed by atoms with Gasteiger partial charge in [0.15, 0.2) is 0 Å². The van der Waals surface area contributed by atoms with Gasteiger partial charge in [0.05, 0.1) is 0 Å². The van der Waals surface area contributed by atoms with Crippen molar-refractivity contribution in [1.29, 1.82) is 0 Å². The number of aromatic nitrogens is 3. The predicted octanol–water partition coefficient (Wildman–Crippen LogP) is 1.28. The molecule has 0 aliphatic carbocycles. The smallest absolute Gasteiger partial charge is 0.385 e. The highest BCUT2D eigenvalue weighted by Gasteiger charge is 2.29. The molecule has 2 N–H and O–H groups in total. The molecule has 0 radical (unpaired) electrons. The average Bonchev–Trinajstić information content (AvgIpc) is 1.78. The first-order chi connectivity index (χ1) is 5.87. The number of halogens is 4. The average molecular weight is 231 g/mol. The summed E-state index contributed by atoms with van der Waals surface area (Å²) < 4.78 is 27.8. The van der Waals surface area contributed by atoms with Gasteiger partial charge >= 0.3 is 11.6 Å². The van der Waals surface area contributed by atoms with Gasteiger partial charge in [0, 0.05) is 11.6 Å². The third kappa shape index (κ3) is 3.51. The molecule has 1 aromatic heterocycles. The zero-order valence-corrected chi connectivity index (χ0v) is 7.35. The SMILES string of the molecule is Nc1nc(Cl)nc(OC(F)(F)Cl)n1. The van der Waals surface area contributed by atoms with E-state index in [9.17, 15) is 8.78 Å². The highest BCUT2D eigenvalue weighted by atomic mass is 35.5.